The van der Waals surface area contributed by atoms with Gasteiger partial charge in [0.1, 0.15) is 6.61 Å². The van der Waals surface area contributed by atoms with E-state index in [1.165, 1.54) is 11.5 Å². The van der Waals surface area contributed by atoms with Crippen molar-refractivity contribution in [2.45, 2.75) is 13.2 Å². The number of likely N-dealkylation sites (N-methyl/N-ethyl adjacent to an activating group) is 1. The number of hydrogen-bond donors (Lipinski definition) is 1. The van der Waals surface area contributed by atoms with Crippen LogP contribution >= 0.6 is 0 Å². The van der Waals surface area contributed by atoms with Gasteiger partial charge in [0.05, 0.1) is 0 Å². The highest BCUT2D eigenvalue weighted by atomic mass is 17.1. The quantitative estimate of drug-likeness (QED) is 0.357. The van der Waals surface area contributed by atoms with Crippen molar-refractivity contribution in [2.75, 3.05) is 11.9 Å². The van der Waals surface area contributed by atoms with Crippen LogP contribution in [0.3, 0.4) is 0 Å². The highest BCUT2D eigenvalue weighted by molar-refractivity contribution is 5.78. The molecule has 0 aliphatic heterocycles. The fraction of sp³-hybridized carbons (Fsp3) is 0.273. The Bertz CT molecular complexity index is 328. The summed E-state index contributed by atoms with van der Waals surface area (Å²) in [6.45, 7) is 2.79. The fourth-order valence-corrected chi connectivity index (χ4v) is 1.24. The summed E-state index contributed by atoms with van der Waals surface area (Å²) < 4.78 is 4.65. The van der Waals surface area contributed by atoms with E-state index in [-0.39, 0.29) is 0 Å². The van der Waals surface area contributed by atoms with E-state index in [9.17, 15) is 4.79 Å². The van der Waals surface area contributed by atoms with Gasteiger partial charge in [0.15, 0.2) is 0 Å². The second-order valence-corrected chi connectivity index (χ2v) is 3.08. The van der Waals surface area contributed by atoms with Gasteiger partial charge in [-0.2, -0.15) is 0 Å². The van der Waals surface area contributed by atoms with Crippen LogP contribution in [0.4, 0.5) is 5.69 Å². The van der Waals surface area contributed by atoms with Crippen LogP contribution in [0.15, 0.2) is 30.3 Å². The molecule has 0 fully saturated rings. The minimum atomic E-state index is -1.18. The predicted molar refractivity (Wildman–Crippen MR) is 58.4 cm³/mol. The van der Waals surface area contributed by atoms with Crippen molar-refractivity contribution in [2.24, 2.45) is 0 Å². The highest BCUT2D eigenvalue weighted by Gasteiger charge is 2.26. The van der Waals surface area contributed by atoms with Crippen molar-refractivity contribution in [3.05, 3.63) is 36.9 Å². The standard InChI is InChI=1S/C11H14NO4/c1-3-15-11(13)10(16-14)12(2)9-7-5-4-6-8-9/h3-8,10,14H,1-2H3. The highest BCUT2D eigenvalue weighted by Crippen LogP contribution is 2.15. The van der Waals surface area contributed by atoms with E-state index in [1.807, 2.05) is 18.2 Å². The molecule has 0 spiro atoms. The molecule has 16 heavy (non-hydrogen) atoms. The van der Waals surface area contributed by atoms with Gasteiger partial charge < -0.3 is 9.64 Å². The molecule has 1 atom stereocenters. The molecule has 87 valence electrons. The zero-order chi connectivity index (χ0) is 12.0. The Morgan fingerprint density at radius 1 is 1.44 bits per heavy atom. The molecule has 0 heterocycles. The maximum atomic E-state index is 11.4. The van der Waals surface area contributed by atoms with Crippen LogP contribution in [0, 0.1) is 6.61 Å². The van der Waals surface area contributed by atoms with E-state index in [0.29, 0.717) is 0 Å². The Labute approximate surface area is 94.1 Å². The zero-order valence-electron chi connectivity index (χ0n) is 9.16. The molecule has 1 aromatic carbocycles. The first-order valence-corrected chi connectivity index (χ1v) is 4.77. The Morgan fingerprint density at radius 3 is 2.56 bits per heavy atom. The molecule has 0 saturated heterocycles. The number of rotatable bonds is 5. The van der Waals surface area contributed by atoms with Crippen LogP contribution in [-0.4, -0.2) is 24.5 Å². The van der Waals surface area contributed by atoms with E-state index in [2.05, 4.69) is 9.62 Å². The van der Waals surface area contributed by atoms with E-state index in [4.69, 9.17) is 5.26 Å². The van der Waals surface area contributed by atoms with Crippen molar-refractivity contribution >= 4 is 11.7 Å². The van der Waals surface area contributed by atoms with Gasteiger partial charge in [-0.05, 0) is 19.1 Å². The lowest BCUT2D eigenvalue weighted by atomic mass is 10.3. The van der Waals surface area contributed by atoms with Crippen LogP contribution in [0.5, 0.6) is 0 Å². The lowest BCUT2D eigenvalue weighted by molar-refractivity contribution is -0.276. The molecule has 1 rings (SSSR count). The molecular weight excluding hydrogens is 210 g/mol. The number of carbonyl (C=O) groups is 1. The van der Waals surface area contributed by atoms with Crippen LogP contribution < -0.4 is 4.90 Å². The Kier molecular flexibility index (Phi) is 4.75. The first-order valence-electron chi connectivity index (χ1n) is 4.77. The summed E-state index contributed by atoms with van der Waals surface area (Å²) in [5.74, 6) is -0.684. The van der Waals surface area contributed by atoms with Gasteiger partial charge in [0.25, 0.3) is 6.23 Å². The number of benzene rings is 1. The molecule has 1 unspecified atom stereocenters. The van der Waals surface area contributed by atoms with Crippen LogP contribution in [0.25, 0.3) is 0 Å². The van der Waals surface area contributed by atoms with Gasteiger partial charge in [0.2, 0.25) is 0 Å². The fourth-order valence-electron chi connectivity index (χ4n) is 1.24. The molecular formula is C11H14NO4. The normalized spacial score (nSPS) is 11.9. The molecule has 1 N–H and O–H groups in total. The second kappa shape index (κ2) is 6.09. The molecule has 5 heteroatoms. The van der Waals surface area contributed by atoms with Gasteiger partial charge in [0, 0.05) is 12.7 Å². The molecule has 0 bridgehead atoms. The van der Waals surface area contributed by atoms with Crippen LogP contribution in [0.1, 0.15) is 6.92 Å². The van der Waals surface area contributed by atoms with Crippen molar-refractivity contribution in [3.8, 4) is 0 Å². The molecule has 1 aromatic rings. The van der Waals surface area contributed by atoms with Crippen molar-refractivity contribution in [1.29, 1.82) is 0 Å². The lowest BCUT2D eigenvalue weighted by Gasteiger charge is -2.25. The third-order valence-electron chi connectivity index (χ3n) is 2.05. The van der Waals surface area contributed by atoms with Crippen LogP contribution in [0.2, 0.25) is 0 Å². The minimum absolute atomic E-state index is 0.684. The monoisotopic (exact) mass is 224 g/mol. The third-order valence-corrected chi connectivity index (χ3v) is 2.05. The molecule has 1 radical (unpaired) electrons. The van der Waals surface area contributed by atoms with Crippen LogP contribution in [-0.2, 0) is 14.4 Å². The topological polar surface area (TPSA) is 59.0 Å². The van der Waals surface area contributed by atoms with E-state index >= 15 is 0 Å². The van der Waals surface area contributed by atoms with Crippen molar-refractivity contribution < 1.29 is 19.7 Å². The number of nitrogens with zero attached hydrogens (tertiary/aromatic N) is 1. The van der Waals surface area contributed by atoms with Crippen molar-refractivity contribution in [3.63, 3.8) is 0 Å². The van der Waals surface area contributed by atoms with Gasteiger partial charge in [-0.3, -0.25) is 0 Å². The maximum absolute atomic E-state index is 11.4. The summed E-state index contributed by atoms with van der Waals surface area (Å²) in [6.07, 6.45) is -1.18. The second-order valence-electron chi connectivity index (χ2n) is 3.08. The maximum Gasteiger partial charge on any atom is 0.360 e. The number of ether oxygens (including phenoxy) is 1. The number of carbonyl (C=O) groups excluding carboxylic acids is 1. The lowest BCUT2D eigenvalue weighted by Crippen LogP contribution is -2.41. The third kappa shape index (κ3) is 2.95. The number of hydrogen-bond acceptors (Lipinski definition) is 5. The first kappa shape index (κ1) is 12.5. The average Bonchev–Trinajstić information content (AvgIpc) is 2.31. The number of esters is 1. The van der Waals surface area contributed by atoms with Gasteiger partial charge in [-0.15, -0.1) is 0 Å². The molecule has 0 saturated carbocycles. The predicted octanol–water partition coefficient (Wildman–Crippen LogP) is 1.66. The Balaban J connectivity index is 2.77. The molecule has 5 nitrogen and oxygen atoms in total. The largest absolute Gasteiger partial charge is 0.455 e. The van der Waals surface area contributed by atoms with Gasteiger partial charge >= 0.3 is 5.97 Å². The van der Waals surface area contributed by atoms with Gasteiger partial charge in [-0.25, -0.2) is 14.9 Å². The summed E-state index contributed by atoms with van der Waals surface area (Å²) in [5, 5.41) is 8.70. The number of para-hydroxylation sites is 1. The zero-order valence-corrected chi connectivity index (χ0v) is 9.16. The van der Waals surface area contributed by atoms with Gasteiger partial charge in [-0.1, -0.05) is 18.2 Å². The Morgan fingerprint density at radius 2 is 2.06 bits per heavy atom. The summed E-state index contributed by atoms with van der Waals surface area (Å²) in [7, 11) is 1.62. The van der Waals surface area contributed by atoms with E-state index in [1.54, 1.807) is 26.1 Å². The summed E-state index contributed by atoms with van der Waals surface area (Å²) in [4.78, 5) is 17.0. The minimum Gasteiger partial charge on any atom is -0.455 e. The molecule has 0 aromatic heterocycles. The Hall–Kier alpha value is -1.59. The summed E-state index contributed by atoms with van der Waals surface area (Å²) >= 11 is 0. The first-order chi connectivity index (χ1) is 7.70. The molecule has 0 aliphatic carbocycles. The van der Waals surface area contributed by atoms with E-state index in [0.717, 1.165) is 5.69 Å². The number of anilines is 1. The van der Waals surface area contributed by atoms with Crippen molar-refractivity contribution in [1.82, 2.24) is 0 Å². The molecule has 0 aliphatic rings. The van der Waals surface area contributed by atoms with E-state index < -0.39 is 12.2 Å². The smallest absolute Gasteiger partial charge is 0.360 e. The summed E-state index contributed by atoms with van der Waals surface area (Å²) in [6, 6.07) is 9.06. The SMILES string of the molecule is C[CH]OC(=O)C(OO)N(C)c1ccccc1. The average molecular weight is 224 g/mol. The molecule has 0 amide bonds. The summed E-state index contributed by atoms with van der Waals surface area (Å²) in [5.41, 5.74) is 0.731.